The van der Waals surface area contributed by atoms with Gasteiger partial charge in [-0.2, -0.15) is 0 Å². The van der Waals surface area contributed by atoms with Crippen molar-refractivity contribution in [3.63, 3.8) is 0 Å². The lowest BCUT2D eigenvalue weighted by atomic mass is 9.91. The van der Waals surface area contributed by atoms with Crippen LogP contribution >= 0.6 is 11.8 Å². The third kappa shape index (κ3) is 9.64. The first-order valence-corrected chi connectivity index (χ1v) is 11.5. The molecule has 182 valence electrons. The van der Waals surface area contributed by atoms with Crippen LogP contribution in [0.2, 0.25) is 0 Å². The van der Waals surface area contributed by atoms with Gasteiger partial charge in [0.2, 0.25) is 0 Å². The predicted octanol–water partition coefficient (Wildman–Crippen LogP) is 2.11. The second-order valence-electron chi connectivity index (χ2n) is 7.13. The molecule has 2 rings (SSSR count). The number of methoxy groups -OCH3 is 1. The summed E-state index contributed by atoms with van der Waals surface area (Å²) >= 11 is 1.51. The van der Waals surface area contributed by atoms with Gasteiger partial charge in [0.25, 0.3) is 0 Å². The summed E-state index contributed by atoms with van der Waals surface area (Å²) in [6, 6.07) is 6.45. The zero-order valence-corrected chi connectivity index (χ0v) is 19.7. The molecule has 1 fully saturated rings. The summed E-state index contributed by atoms with van der Waals surface area (Å²) in [7, 11) is 1.36. The van der Waals surface area contributed by atoms with Crippen LogP contribution in [0, 0.1) is 5.92 Å². The zero-order chi connectivity index (χ0) is 24.1. The van der Waals surface area contributed by atoms with Gasteiger partial charge in [-0.05, 0) is 36.4 Å². The number of aromatic hydroxyl groups is 1. The van der Waals surface area contributed by atoms with Crippen LogP contribution < -0.4 is 4.74 Å². The summed E-state index contributed by atoms with van der Waals surface area (Å²) in [5.41, 5.74) is -0.334. The van der Waals surface area contributed by atoms with Crippen LogP contribution in [0.25, 0.3) is 0 Å². The van der Waals surface area contributed by atoms with Gasteiger partial charge in [0.1, 0.15) is 29.1 Å². The average Bonchev–Trinajstić information content (AvgIpc) is 2.77. The van der Waals surface area contributed by atoms with E-state index in [1.165, 1.54) is 25.8 Å². The molecule has 9 nitrogen and oxygen atoms in total. The predicted molar refractivity (Wildman–Crippen MR) is 119 cm³/mol. The first-order valence-electron chi connectivity index (χ1n) is 10.4. The molecule has 32 heavy (non-hydrogen) atoms. The Bertz CT molecular complexity index is 682. The van der Waals surface area contributed by atoms with Crippen LogP contribution in [0.5, 0.6) is 11.5 Å². The number of hydrogen-bond acceptors (Lipinski definition) is 10. The molecule has 5 atom stereocenters. The molecule has 1 heterocycles. The molecule has 0 spiro atoms. The molecule has 0 bridgehead atoms. The standard InChI is InChI=1S/C11H20O5S.C11H14O4/c1-4-17-11-10(15-7(3)13)6(2)9(14)8(5-12)16-11;1-14-11(13)3-2-8-15-10-6-4-9(12)5-7-10/h6,8-12,14H,4-5H2,1-3H3;4-7,12H,2-3,8H2,1H3/t6-,8?,9+,10?,11-;/m0./s1. The lowest BCUT2D eigenvalue weighted by molar-refractivity contribution is -0.197. The summed E-state index contributed by atoms with van der Waals surface area (Å²) in [6.07, 6.45) is -0.934. The Morgan fingerprint density at radius 3 is 2.41 bits per heavy atom. The minimum absolute atomic E-state index is 0.205. The number of rotatable bonds is 9. The highest BCUT2D eigenvalue weighted by Gasteiger charge is 2.44. The van der Waals surface area contributed by atoms with E-state index in [2.05, 4.69) is 4.74 Å². The number of benzene rings is 1. The third-order valence-electron chi connectivity index (χ3n) is 4.69. The van der Waals surface area contributed by atoms with Crippen LogP contribution in [0.1, 0.15) is 33.6 Å². The quantitative estimate of drug-likeness (QED) is 0.361. The van der Waals surface area contributed by atoms with Crippen molar-refractivity contribution in [1.82, 2.24) is 0 Å². The molecule has 1 aliphatic heterocycles. The number of phenolic OH excluding ortho intramolecular Hbond substituents is 1. The van der Waals surface area contributed by atoms with Crippen molar-refractivity contribution in [2.75, 3.05) is 26.1 Å². The molecular formula is C22H34O9S. The Labute approximate surface area is 193 Å². The number of esters is 2. The van der Waals surface area contributed by atoms with Gasteiger partial charge < -0.3 is 34.3 Å². The lowest BCUT2D eigenvalue weighted by Crippen LogP contribution is -2.54. The van der Waals surface area contributed by atoms with Crippen LogP contribution in [-0.4, -0.2) is 77.1 Å². The van der Waals surface area contributed by atoms with E-state index in [1.807, 2.05) is 6.92 Å². The van der Waals surface area contributed by atoms with E-state index < -0.39 is 18.3 Å². The van der Waals surface area contributed by atoms with Crippen LogP contribution in [0.3, 0.4) is 0 Å². The Morgan fingerprint density at radius 1 is 1.22 bits per heavy atom. The van der Waals surface area contributed by atoms with Crippen molar-refractivity contribution in [2.24, 2.45) is 5.92 Å². The molecule has 0 aromatic heterocycles. The number of carbonyl (C=O) groups is 2. The van der Waals surface area contributed by atoms with Gasteiger partial charge in [-0.3, -0.25) is 9.59 Å². The zero-order valence-electron chi connectivity index (χ0n) is 18.9. The van der Waals surface area contributed by atoms with Gasteiger partial charge in [-0.1, -0.05) is 13.8 Å². The summed E-state index contributed by atoms with van der Waals surface area (Å²) in [5, 5.41) is 28.1. The molecule has 2 unspecified atom stereocenters. The molecule has 0 saturated carbocycles. The van der Waals surface area contributed by atoms with Gasteiger partial charge in [0, 0.05) is 19.3 Å². The molecule has 1 saturated heterocycles. The van der Waals surface area contributed by atoms with Gasteiger partial charge in [-0.15, -0.1) is 11.8 Å². The van der Waals surface area contributed by atoms with Crippen molar-refractivity contribution in [3.05, 3.63) is 24.3 Å². The third-order valence-corrected chi connectivity index (χ3v) is 5.73. The molecule has 1 aromatic carbocycles. The smallest absolute Gasteiger partial charge is 0.305 e. The van der Waals surface area contributed by atoms with Crippen molar-refractivity contribution >= 4 is 23.7 Å². The average molecular weight is 475 g/mol. The molecule has 0 amide bonds. The molecule has 1 aliphatic rings. The lowest BCUT2D eigenvalue weighted by Gasteiger charge is -2.42. The van der Waals surface area contributed by atoms with Gasteiger partial charge in [-0.25, -0.2) is 0 Å². The summed E-state index contributed by atoms with van der Waals surface area (Å²) in [5.74, 6) is 0.818. The number of thioether (sulfide) groups is 1. The molecule has 1 aromatic rings. The number of aliphatic hydroxyl groups is 2. The number of aliphatic hydroxyl groups excluding tert-OH is 2. The van der Waals surface area contributed by atoms with E-state index in [9.17, 15) is 14.7 Å². The van der Waals surface area contributed by atoms with E-state index in [0.717, 1.165) is 5.75 Å². The monoisotopic (exact) mass is 474 g/mol. The van der Waals surface area contributed by atoms with E-state index >= 15 is 0 Å². The summed E-state index contributed by atoms with van der Waals surface area (Å²) < 4.78 is 20.6. The second kappa shape index (κ2) is 14.9. The fourth-order valence-electron chi connectivity index (χ4n) is 2.97. The van der Waals surface area contributed by atoms with E-state index in [1.54, 1.807) is 31.2 Å². The molecule has 10 heteroatoms. The Hall–Kier alpha value is -2.01. The minimum Gasteiger partial charge on any atom is -0.508 e. The van der Waals surface area contributed by atoms with E-state index in [0.29, 0.717) is 25.2 Å². The highest BCUT2D eigenvalue weighted by Crippen LogP contribution is 2.33. The van der Waals surface area contributed by atoms with E-state index in [4.69, 9.17) is 24.4 Å². The first-order chi connectivity index (χ1) is 15.2. The van der Waals surface area contributed by atoms with Crippen LogP contribution in [0.4, 0.5) is 0 Å². The van der Waals surface area contributed by atoms with Crippen molar-refractivity contribution < 1.29 is 43.9 Å². The SMILES string of the molecule is CCS[C@@H]1OC(CO)[C@H](O)[C@H](C)C1OC(C)=O.COC(=O)CCCOc1ccc(O)cc1. The summed E-state index contributed by atoms with van der Waals surface area (Å²) in [4.78, 5) is 21.8. The van der Waals surface area contributed by atoms with Crippen molar-refractivity contribution in [3.8, 4) is 11.5 Å². The van der Waals surface area contributed by atoms with Gasteiger partial charge in [0.15, 0.2) is 0 Å². The minimum atomic E-state index is -0.821. The van der Waals surface area contributed by atoms with Crippen LogP contribution in [-0.2, 0) is 23.8 Å². The van der Waals surface area contributed by atoms with Gasteiger partial charge >= 0.3 is 11.9 Å². The fourth-order valence-corrected chi connectivity index (χ4v) is 4.01. The highest BCUT2D eigenvalue weighted by molar-refractivity contribution is 7.99. The fraction of sp³-hybridized carbons (Fsp3) is 0.636. The Kier molecular flexibility index (Phi) is 13.1. The molecule has 0 aliphatic carbocycles. The van der Waals surface area contributed by atoms with Crippen molar-refractivity contribution in [1.29, 1.82) is 0 Å². The number of carbonyl (C=O) groups excluding carboxylic acids is 2. The maximum absolute atomic E-state index is 11.0. The van der Waals surface area contributed by atoms with Crippen LogP contribution in [0.15, 0.2) is 24.3 Å². The summed E-state index contributed by atoms with van der Waals surface area (Å²) in [6.45, 7) is 5.33. The highest BCUT2D eigenvalue weighted by atomic mass is 32.2. The Morgan fingerprint density at radius 2 is 1.88 bits per heavy atom. The normalized spacial score (nSPS) is 24.6. The molecular weight excluding hydrogens is 440 g/mol. The Balaban J connectivity index is 0.000000323. The maximum atomic E-state index is 11.0. The molecule has 3 N–H and O–H groups in total. The second-order valence-corrected chi connectivity index (χ2v) is 8.50. The van der Waals surface area contributed by atoms with Gasteiger partial charge in [0.05, 0.1) is 26.4 Å². The van der Waals surface area contributed by atoms with E-state index in [-0.39, 0.29) is 35.6 Å². The molecule has 0 radical (unpaired) electrons. The first kappa shape index (κ1) is 28.0. The number of phenols is 1. The number of hydrogen-bond donors (Lipinski definition) is 3. The maximum Gasteiger partial charge on any atom is 0.305 e. The topological polar surface area (TPSA) is 132 Å². The number of ether oxygens (including phenoxy) is 4. The van der Waals surface area contributed by atoms with Crippen molar-refractivity contribution in [2.45, 2.75) is 57.4 Å². The largest absolute Gasteiger partial charge is 0.508 e.